The predicted octanol–water partition coefficient (Wildman–Crippen LogP) is 12.1. The van der Waals surface area contributed by atoms with Crippen LogP contribution < -0.4 is 0 Å². The number of hydrogen-bond acceptors (Lipinski definition) is 4. The summed E-state index contributed by atoms with van der Waals surface area (Å²) in [5.41, 5.74) is 10.5. The molecule has 0 aromatic rings. The molecule has 0 radical (unpaired) electrons. The van der Waals surface area contributed by atoms with Crippen molar-refractivity contribution in [2.24, 2.45) is 10.8 Å². The minimum Gasteiger partial charge on any atom is -0.458 e. The Labute approximate surface area is 293 Å². The summed E-state index contributed by atoms with van der Waals surface area (Å²) in [6, 6.07) is 0. The van der Waals surface area contributed by atoms with Gasteiger partial charge in [0.05, 0.1) is 0 Å². The summed E-state index contributed by atoms with van der Waals surface area (Å²) in [7, 11) is 0. The Balaban J connectivity index is 2.12. The first kappa shape index (κ1) is 40.8. The molecule has 0 saturated heterocycles. The normalized spacial score (nSPS) is 21.0. The van der Waals surface area contributed by atoms with Crippen LogP contribution in [-0.2, 0) is 19.1 Å². The lowest BCUT2D eigenvalue weighted by Gasteiger charge is -2.33. The number of hydrogen-bond donors (Lipinski definition) is 0. The Kier molecular flexibility index (Phi) is 16.1. The molecule has 2 atom stereocenters. The molecule has 0 fully saturated rings. The number of carbonyl (C=O) groups excluding carboxylic acids is 2. The molecule has 0 aromatic heterocycles. The lowest BCUT2D eigenvalue weighted by atomic mass is 9.72. The minimum atomic E-state index is -0.346. The van der Waals surface area contributed by atoms with Crippen LogP contribution in [0, 0.1) is 10.8 Å². The van der Waals surface area contributed by atoms with Gasteiger partial charge in [-0.3, -0.25) is 9.59 Å². The second-order valence-electron chi connectivity index (χ2n) is 15.3. The van der Waals surface area contributed by atoms with Crippen molar-refractivity contribution in [2.75, 3.05) is 0 Å². The van der Waals surface area contributed by atoms with Crippen molar-refractivity contribution in [2.45, 2.75) is 147 Å². The van der Waals surface area contributed by atoms with Crippen LogP contribution in [0.15, 0.2) is 105 Å². The molecule has 2 rings (SSSR count). The maximum atomic E-state index is 11.9. The highest BCUT2D eigenvalue weighted by molar-refractivity contribution is 5.67. The molecular formula is C44H64O4. The summed E-state index contributed by atoms with van der Waals surface area (Å²) in [4.78, 5) is 23.9. The number of esters is 2. The molecule has 0 spiro atoms. The van der Waals surface area contributed by atoms with Crippen LogP contribution in [0.4, 0.5) is 0 Å². The Hall–Kier alpha value is -3.40. The van der Waals surface area contributed by atoms with E-state index in [0.717, 1.165) is 22.3 Å². The van der Waals surface area contributed by atoms with Gasteiger partial charge in [-0.15, -0.1) is 0 Å². The first-order valence-corrected chi connectivity index (χ1v) is 17.9. The van der Waals surface area contributed by atoms with Crippen molar-refractivity contribution < 1.29 is 19.1 Å². The fourth-order valence-corrected chi connectivity index (χ4v) is 6.86. The molecule has 2 aliphatic rings. The molecule has 264 valence electrons. The number of carbonyl (C=O) groups is 2. The van der Waals surface area contributed by atoms with Gasteiger partial charge in [-0.25, -0.2) is 0 Å². The van der Waals surface area contributed by atoms with Crippen LogP contribution in [0.5, 0.6) is 0 Å². The monoisotopic (exact) mass is 656 g/mol. The maximum Gasteiger partial charge on any atom is 0.303 e. The van der Waals surface area contributed by atoms with Crippen molar-refractivity contribution >= 4 is 11.9 Å². The fourth-order valence-electron chi connectivity index (χ4n) is 6.86. The second kappa shape index (κ2) is 19.0. The van der Waals surface area contributed by atoms with E-state index in [1.54, 1.807) is 0 Å². The van der Waals surface area contributed by atoms with Gasteiger partial charge in [0, 0.05) is 26.7 Å². The third-order valence-electron chi connectivity index (χ3n) is 9.88. The Bertz CT molecular complexity index is 1320. The first-order chi connectivity index (χ1) is 22.4. The molecular weight excluding hydrogens is 592 g/mol. The van der Waals surface area contributed by atoms with E-state index in [1.165, 1.54) is 74.7 Å². The van der Waals surface area contributed by atoms with Gasteiger partial charge < -0.3 is 9.47 Å². The van der Waals surface area contributed by atoms with Crippen LogP contribution >= 0.6 is 0 Å². The average Bonchev–Trinajstić information content (AvgIpc) is 2.97. The number of ether oxygens (including phenoxy) is 2. The van der Waals surface area contributed by atoms with E-state index < -0.39 is 0 Å². The van der Waals surface area contributed by atoms with Crippen molar-refractivity contribution in [3.05, 3.63) is 105 Å². The van der Waals surface area contributed by atoms with Crippen LogP contribution in [0.1, 0.15) is 134 Å². The highest BCUT2D eigenvalue weighted by Crippen LogP contribution is 2.41. The largest absolute Gasteiger partial charge is 0.458 e. The third kappa shape index (κ3) is 13.6. The maximum absolute atomic E-state index is 11.9. The molecule has 48 heavy (non-hydrogen) atoms. The standard InChI is InChI=1S/C44H64O4/c1-31(21-25-39-33(3)19-15-29-43(39,9)10)23-27-41(47-37(7)45)35(5)17-13-14-18-36(6)42(48-38(8)46)28-24-32(2)22-26-40-34(4)20-16-30-44(40,11)12/h13-14,17-18,21-26,41-42H,15-16,19-20,27-30H2,1-12H3/b14-13+,25-21+,26-22+,31-23+,32-24+,35-17+,36-18+. The van der Waals surface area contributed by atoms with Crippen molar-refractivity contribution in [1.29, 1.82) is 0 Å². The van der Waals surface area contributed by atoms with Gasteiger partial charge >= 0.3 is 11.9 Å². The van der Waals surface area contributed by atoms with Gasteiger partial charge in [-0.1, -0.05) is 111 Å². The van der Waals surface area contributed by atoms with Gasteiger partial charge in [0.25, 0.3) is 0 Å². The van der Waals surface area contributed by atoms with Gasteiger partial charge in [-0.2, -0.15) is 0 Å². The Morgan fingerprint density at radius 1 is 0.646 bits per heavy atom. The van der Waals surface area contributed by atoms with Gasteiger partial charge in [0.15, 0.2) is 0 Å². The molecule has 2 unspecified atom stereocenters. The molecule has 0 bridgehead atoms. The van der Waals surface area contributed by atoms with Crippen LogP contribution in [-0.4, -0.2) is 24.1 Å². The smallest absolute Gasteiger partial charge is 0.303 e. The summed E-state index contributed by atoms with van der Waals surface area (Å²) in [5.74, 6) is -0.592. The summed E-state index contributed by atoms with van der Waals surface area (Å²) < 4.78 is 11.4. The summed E-state index contributed by atoms with van der Waals surface area (Å²) in [6.45, 7) is 24.9. The van der Waals surface area contributed by atoms with E-state index in [1.807, 2.05) is 38.2 Å². The van der Waals surface area contributed by atoms with E-state index in [4.69, 9.17) is 9.47 Å². The van der Waals surface area contributed by atoms with E-state index in [0.29, 0.717) is 12.8 Å². The highest BCUT2D eigenvalue weighted by atomic mass is 16.5. The fraction of sp³-hybridized carbons (Fsp3) is 0.545. The van der Waals surface area contributed by atoms with E-state index >= 15 is 0 Å². The van der Waals surface area contributed by atoms with Crippen LogP contribution in [0.3, 0.4) is 0 Å². The Morgan fingerprint density at radius 3 is 1.31 bits per heavy atom. The number of allylic oxidation sites excluding steroid dienone is 14. The zero-order chi connectivity index (χ0) is 36.1. The second-order valence-corrected chi connectivity index (χ2v) is 15.3. The van der Waals surface area contributed by atoms with Gasteiger partial charge in [-0.05, 0) is 113 Å². The summed E-state index contributed by atoms with van der Waals surface area (Å²) in [5, 5.41) is 0. The SMILES string of the molecule is CC(=O)OC(C/C=C(C)/C=C/C1=C(C)CCCC1(C)C)/C(C)=C/C=C/C=C(\C)C(C/C=C(C)/C=C/C1=C(C)CCCC1(C)C)OC(C)=O. The first-order valence-electron chi connectivity index (χ1n) is 17.9. The van der Waals surface area contributed by atoms with E-state index in [9.17, 15) is 9.59 Å². The number of rotatable bonds is 14. The lowest BCUT2D eigenvalue weighted by molar-refractivity contribution is -0.145. The average molecular weight is 657 g/mol. The molecule has 0 aliphatic heterocycles. The molecule has 0 amide bonds. The predicted molar refractivity (Wildman–Crippen MR) is 203 cm³/mol. The molecule has 0 aromatic carbocycles. The molecule has 0 heterocycles. The van der Waals surface area contributed by atoms with Gasteiger partial charge in [0.2, 0.25) is 0 Å². The quantitative estimate of drug-likeness (QED) is 0.138. The van der Waals surface area contributed by atoms with Crippen molar-refractivity contribution in [1.82, 2.24) is 0 Å². The topological polar surface area (TPSA) is 52.6 Å². The zero-order valence-electron chi connectivity index (χ0n) is 32.2. The zero-order valence-corrected chi connectivity index (χ0v) is 32.2. The highest BCUT2D eigenvalue weighted by Gasteiger charge is 2.27. The van der Waals surface area contributed by atoms with Crippen LogP contribution in [0.2, 0.25) is 0 Å². The van der Waals surface area contributed by atoms with Gasteiger partial charge in [0.1, 0.15) is 12.2 Å². The van der Waals surface area contributed by atoms with Crippen molar-refractivity contribution in [3.63, 3.8) is 0 Å². The van der Waals surface area contributed by atoms with E-state index in [-0.39, 0.29) is 35.0 Å². The molecule has 0 saturated carbocycles. The molecule has 4 heteroatoms. The molecule has 2 aliphatic carbocycles. The molecule has 0 N–H and O–H groups in total. The summed E-state index contributed by atoms with van der Waals surface area (Å²) >= 11 is 0. The third-order valence-corrected chi connectivity index (χ3v) is 9.88. The van der Waals surface area contributed by atoms with Crippen LogP contribution in [0.25, 0.3) is 0 Å². The van der Waals surface area contributed by atoms with E-state index in [2.05, 4.69) is 91.8 Å². The molecule has 4 nitrogen and oxygen atoms in total. The van der Waals surface area contributed by atoms with Crippen molar-refractivity contribution in [3.8, 4) is 0 Å². The Morgan fingerprint density at radius 2 is 1.00 bits per heavy atom. The lowest BCUT2D eigenvalue weighted by Crippen LogP contribution is -2.19. The minimum absolute atomic E-state index is 0.201. The summed E-state index contributed by atoms with van der Waals surface area (Å²) in [6.07, 6.45) is 28.8.